The molecule has 0 bridgehead atoms. The minimum absolute atomic E-state index is 0.395. The first-order chi connectivity index (χ1) is 5.66. The first-order valence-corrected chi connectivity index (χ1v) is 3.96. The lowest BCUT2D eigenvalue weighted by Crippen LogP contribution is -2.37. The van der Waals surface area contributed by atoms with E-state index in [2.05, 4.69) is 4.74 Å². The molecule has 1 fully saturated rings. The summed E-state index contributed by atoms with van der Waals surface area (Å²) >= 11 is 0. The van der Waals surface area contributed by atoms with Gasteiger partial charge in [0.2, 0.25) is 0 Å². The Kier molecular flexibility index (Phi) is 2.81. The number of hydrogen-bond donors (Lipinski definition) is 1. The summed E-state index contributed by atoms with van der Waals surface area (Å²) in [5.74, 6) is -1.66. The summed E-state index contributed by atoms with van der Waals surface area (Å²) in [7, 11) is 1.25. The smallest absolute Gasteiger partial charge is 0.316 e. The molecular formula is C8H12O4. The zero-order valence-electron chi connectivity index (χ0n) is 6.95. The predicted molar refractivity (Wildman–Crippen MR) is 40.4 cm³/mol. The van der Waals surface area contributed by atoms with Gasteiger partial charge >= 0.3 is 5.97 Å². The normalized spacial score (nSPS) is 30.0. The highest BCUT2D eigenvalue weighted by Gasteiger charge is 2.35. The largest absolute Gasteiger partial charge is 0.468 e. The van der Waals surface area contributed by atoms with Crippen LogP contribution < -0.4 is 0 Å². The van der Waals surface area contributed by atoms with Gasteiger partial charge in [0, 0.05) is 0 Å². The van der Waals surface area contributed by atoms with Crippen LogP contribution in [0.3, 0.4) is 0 Å². The van der Waals surface area contributed by atoms with Crippen molar-refractivity contribution in [3.63, 3.8) is 0 Å². The summed E-state index contributed by atoms with van der Waals surface area (Å²) in [4.78, 5) is 22.1. The zero-order chi connectivity index (χ0) is 9.14. The maximum atomic E-state index is 11.2. The average molecular weight is 172 g/mol. The second-order valence-electron chi connectivity index (χ2n) is 2.92. The van der Waals surface area contributed by atoms with Crippen molar-refractivity contribution in [3.8, 4) is 0 Å². The summed E-state index contributed by atoms with van der Waals surface area (Å²) in [6.07, 6.45) is 0.699. The second-order valence-corrected chi connectivity index (χ2v) is 2.92. The van der Waals surface area contributed by atoms with E-state index < -0.39 is 23.8 Å². The molecule has 0 saturated heterocycles. The van der Waals surface area contributed by atoms with Gasteiger partial charge in [0.05, 0.1) is 7.11 Å². The molecule has 4 heteroatoms. The fourth-order valence-corrected chi connectivity index (χ4v) is 1.41. The van der Waals surface area contributed by atoms with Crippen molar-refractivity contribution >= 4 is 11.8 Å². The van der Waals surface area contributed by atoms with Gasteiger partial charge < -0.3 is 9.84 Å². The highest BCUT2D eigenvalue weighted by molar-refractivity contribution is 6.01. The van der Waals surface area contributed by atoms with Crippen molar-refractivity contribution < 1.29 is 19.4 Å². The minimum atomic E-state index is -0.970. The Morgan fingerprint density at radius 3 is 2.83 bits per heavy atom. The Hall–Kier alpha value is -0.900. The molecule has 0 heterocycles. The third kappa shape index (κ3) is 1.64. The van der Waals surface area contributed by atoms with Gasteiger partial charge in [-0.3, -0.25) is 9.59 Å². The number of ketones is 1. The fourth-order valence-electron chi connectivity index (χ4n) is 1.41. The second kappa shape index (κ2) is 3.67. The van der Waals surface area contributed by atoms with Crippen LogP contribution in [0.1, 0.15) is 19.3 Å². The van der Waals surface area contributed by atoms with Crippen molar-refractivity contribution in [2.45, 2.75) is 25.4 Å². The Labute approximate surface area is 70.5 Å². The molecule has 1 rings (SSSR count). The molecule has 0 aliphatic heterocycles. The molecule has 0 radical (unpaired) electrons. The van der Waals surface area contributed by atoms with Crippen molar-refractivity contribution in [1.29, 1.82) is 0 Å². The Morgan fingerprint density at radius 2 is 2.25 bits per heavy atom. The highest BCUT2D eigenvalue weighted by atomic mass is 16.5. The van der Waals surface area contributed by atoms with Gasteiger partial charge in [-0.1, -0.05) is 0 Å². The van der Waals surface area contributed by atoms with E-state index in [0.717, 1.165) is 0 Å². The van der Waals surface area contributed by atoms with Gasteiger partial charge in [-0.25, -0.2) is 0 Å². The fraction of sp³-hybridized carbons (Fsp3) is 0.750. The molecule has 0 aromatic heterocycles. The van der Waals surface area contributed by atoms with Crippen molar-refractivity contribution in [1.82, 2.24) is 0 Å². The summed E-state index contributed by atoms with van der Waals surface area (Å²) in [5.41, 5.74) is 0. The van der Waals surface area contributed by atoms with E-state index >= 15 is 0 Å². The van der Waals surface area contributed by atoms with Gasteiger partial charge in [0.1, 0.15) is 12.0 Å². The standard InChI is InChI=1S/C8H12O4/c1-12-8(11)5-3-2-4-6(9)7(5)10/h5-6,9H,2-4H2,1H3. The van der Waals surface area contributed by atoms with Crippen LogP contribution in [-0.4, -0.2) is 30.1 Å². The quantitative estimate of drug-likeness (QED) is 0.442. The van der Waals surface area contributed by atoms with Gasteiger partial charge in [-0.05, 0) is 19.3 Å². The average Bonchev–Trinajstić information content (AvgIpc) is 2.08. The Balaban J connectivity index is 2.64. The van der Waals surface area contributed by atoms with Gasteiger partial charge in [0.15, 0.2) is 5.78 Å². The molecule has 0 amide bonds. The number of ether oxygens (including phenoxy) is 1. The lowest BCUT2D eigenvalue weighted by atomic mass is 9.86. The van der Waals surface area contributed by atoms with Crippen LogP contribution in [0.15, 0.2) is 0 Å². The summed E-state index contributed by atoms with van der Waals surface area (Å²) in [5, 5.41) is 9.14. The predicted octanol–water partition coefficient (Wildman–Crippen LogP) is -0.111. The molecule has 1 N–H and O–H groups in total. The van der Waals surface area contributed by atoms with E-state index in [9.17, 15) is 9.59 Å². The molecule has 1 saturated carbocycles. The van der Waals surface area contributed by atoms with E-state index in [1.807, 2.05) is 0 Å². The van der Waals surface area contributed by atoms with E-state index in [4.69, 9.17) is 5.11 Å². The molecular weight excluding hydrogens is 160 g/mol. The number of esters is 1. The topological polar surface area (TPSA) is 63.6 Å². The molecule has 0 aromatic carbocycles. The number of hydrogen-bond acceptors (Lipinski definition) is 4. The van der Waals surface area contributed by atoms with Crippen LogP contribution in [0.5, 0.6) is 0 Å². The molecule has 2 atom stereocenters. The first kappa shape index (κ1) is 9.19. The zero-order valence-corrected chi connectivity index (χ0v) is 6.95. The van der Waals surface area contributed by atoms with Crippen LogP contribution in [0.25, 0.3) is 0 Å². The summed E-state index contributed by atoms with van der Waals surface area (Å²) in [6.45, 7) is 0. The maximum absolute atomic E-state index is 11.2. The van der Waals surface area contributed by atoms with E-state index in [0.29, 0.717) is 19.3 Å². The van der Waals surface area contributed by atoms with Gasteiger partial charge in [0.25, 0.3) is 0 Å². The molecule has 12 heavy (non-hydrogen) atoms. The van der Waals surface area contributed by atoms with Crippen LogP contribution in [0.4, 0.5) is 0 Å². The molecule has 0 aromatic rings. The molecule has 0 spiro atoms. The third-order valence-electron chi connectivity index (χ3n) is 2.13. The number of Topliss-reactive ketones (excluding diaryl/α,β-unsaturated/α-hetero) is 1. The van der Waals surface area contributed by atoms with Crippen LogP contribution in [0, 0.1) is 5.92 Å². The number of carbonyl (C=O) groups excluding carboxylic acids is 2. The van der Waals surface area contributed by atoms with E-state index in [1.165, 1.54) is 7.11 Å². The number of methoxy groups -OCH3 is 1. The number of aliphatic hydroxyl groups is 1. The lowest BCUT2D eigenvalue weighted by Gasteiger charge is -2.22. The SMILES string of the molecule is COC(=O)C1CCCC(O)C1=O. The van der Waals surface area contributed by atoms with Crippen molar-refractivity contribution in [3.05, 3.63) is 0 Å². The summed E-state index contributed by atoms with van der Waals surface area (Å²) < 4.78 is 4.44. The molecule has 68 valence electrons. The third-order valence-corrected chi connectivity index (χ3v) is 2.13. The van der Waals surface area contributed by atoms with Gasteiger partial charge in [-0.2, -0.15) is 0 Å². The Bertz CT molecular complexity index is 199. The molecule has 1 aliphatic rings. The Morgan fingerprint density at radius 1 is 1.58 bits per heavy atom. The summed E-state index contributed by atoms with van der Waals surface area (Å²) in [6, 6.07) is 0. The van der Waals surface area contributed by atoms with Crippen molar-refractivity contribution in [2.24, 2.45) is 5.92 Å². The van der Waals surface area contributed by atoms with E-state index in [1.54, 1.807) is 0 Å². The molecule has 2 unspecified atom stereocenters. The lowest BCUT2D eigenvalue weighted by molar-refractivity contribution is -0.154. The molecule has 1 aliphatic carbocycles. The maximum Gasteiger partial charge on any atom is 0.316 e. The minimum Gasteiger partial charge on any atom is -0.468 e. The van der Waals surface area contributed by atoms with Crippen LogP contribution in [-0.2, 0) is 14.3 Å². The number of rotatable bonds is 1. The number of aliphatic hydroxyl groups excluding tert-OH is 1. The monoisotopic (exact) mass is 172 g/mol. The van der Waals surface area contributed by atoms with Crippen LogP contribution >= 0.6 is 0 Å². The van der Waals surface area contributed by atoms with Crippen LogP contribution in [0.2, 0.25) is 0 Å². The molecule has 4 nitrogen and oxygen atoms in total. The van der Waals surface area contributed by atoms with Crippen molar-refractivity contribution in [2.75, 3.05) is 7.11 Å². The number of carbonyl (C=O) groups is 2. The van der Waals surface area contributed by atoms with E-state index in [-0.39, 0.29) is 0 Å². The first-order valence-electron chi connectivity index (χ1n) is 3.96. The highest BCUT2D eigenvalue weighted by Crippen LogP contribution is 2.21. The van der Waals surface area contributed by atoms with Gasteiger partial charge in [-0.15, -0.1) is 0 Å².